The van der Waals surface area contributed by atoms with Gasteiger partial charge in [0.15, 0.2) is 0 Å². The molecule has 0 aromatic rings. The van der Waals surface area contributed by atoms with Gasteiger partial charge in [-0.15, -0.1) is 6.42 Å². The van der Waals surface area contributed by atoms with E-state index in [1.54, 1.807) is 0 Å². The molecular formula is C13H22N2O. The molecule has 0 aromatic carbocycles. The summed E-state index contributed by atoms with van der Waals surface area (Å²) in [5, 5.41) is 5.97. The fraction of sp³-hybridized carbons (Fsp3) is 0.769. The molecule has 0 spiro atoms. The van der Waals surface area contributed by atoms with Crippen LogP contribution in [0.15, 0.2) is 0 Å². The van der Waals surface area contributed by atoms with Crippen molar-refractivity contribution >= 4 is 5.91 Å². The molecule has 1 saturated carbocycles. The second kappa shape index (κ2) is 7.29. The summed E-state index contributed by atoms with van der Waals surface area (Å²) in [6.07, 6.45) is 11.1. The highest BCUT2D eigenvalue weighted by Crippen LogP contribution is 2.26. The molecule has 0 bridgehead atoms. The van der Waals surface area contributed by atoms with Crippen molar-refractivity contribution in [1.82, 2.24) is 10.6 Å². The first-order valence-electron chi connectivity index (χ1n) is 6.19. The fourth-order valence-electron chi connectivity index (χ4n) is 2.32. The van der Waals surface area contributed by atoms with E-state index < -0.39 is 0 Å². The van der Waals surface area contributed by atoms with Gasteiger partial charge in [-0.25, -0.2) is 0 Å². The van der Waals surface area contributed by atoms with Crippen LogP contribution in [-0.2, 0) is 4.79 Å². The van der Waals surface area contributed by atoms with Crippen LogP contribution < -0.4 is 10.6 Å². The van der Waals surface area contributed by atoms with Gasteiger partial charge < -0.3 is 5.32 Å². The van der Waals surface area contributed by atoms with Gasteiger partial charge in [0.2, 0.25) is 5.91 Å². The Morgan fingerprint density at radius 2 is 2.31 bits per heavy atom. The Morgan fingerprint density at radius 3 is 3.00 bits per heavy atom. The van der Waals surface area contributed by atoms with E-state index in [1.165, 1.54) is 19.3 Å². The Morgan fingerprint density at radius 1 is 1.50 bits per heavy atom. The molecule has 2 unspecified atom stereocenters. The molecule has 1 fully saturated rings. The lowest BCUT2D eigenvalue weighted by Gasteiger charge is -2.29. The average molecular weight is 222 g/mol. The molecule has 0 aromatic heterocycles. The van der Waals surface area contributed by atoms with Crippen molar-refractivity contribution in [3.8, 4) is 12.3 Å². The minimum Gasteiger partial charge on any atom is -0.352 e. The molecule has 3 nitrogen and oxygen atoms in total. The first kappa shape index (κ1) is 13.1. The van der Waals surface area contributed by atoms with Crippen LogP contribution in [0.2, 0.25) is 0 Å². The summed E-state index contributed by atoms with van der Waals surface area (Å²) in [5.74, 6) is 3.31. The van der Waals surface area contributed by atoms with Gasteiger partial charge >= 0.3 is 0 Å². The maximum Gasteiger partial charge on any atom is 0.234 e. The van der Waals surface area contributed by atoms with Crippen molar-refractivity contribution in [3.05, 3.63) is 0 Å². The van der Waals surface area contributed by atoms with Crippen molar-refractivity contribution in [2.75, 3.05) is 13.1 Å². The van der Waals surface area contributed by atoms with Gasteiger partial charge in [0.1, 0.15) is 0 Å². The molecule has 0 heterocycles. The highest BCUT2D eigenvalue weighted by atomic mass is 16.1. The molecule has 0 radical (unpaired) electrons. The van der Waals surface area contributed by atoms with E-state index in [0.717, 1.165) is 18.8 Å². The molecular weight excluding hydrogens is 200 g/mol. The van der Waals surface area contributed by atoms with Crippen LogP contribution >= 0.6 is 0 Å². The van der Waals surface area contributed by atoms with Gasteiger partial charge in [0, 0.05) is 6.04 Å². The van der Waals surface area contributed by atoms with Gasteiger partial charge in [0.25, 0.3) is 0 Å². The number of terminal acetylenes is 1. The van der Waals surface area contributed by atoms with Crippen molar-refractivity contribution in [1.29, 1.82) is 0 Å². The third-order valence-corrected chi connectivity index (χ3v) is 3.24. The first-order valence-corrected chi connectivity index (χ1v) is 6.19. The van der Waals surface area contributed by atoms with E-state index in [1.807, 2.05) is 0 Å². The van der Waals surface area contributed by atoms with Crippen LogP contribution in [0.4, 0.5) is 0 Å². The predicted molar refractivity (Wildman–Crippen MR) is 65.9 cm³/mol. The zero-order chi connectivity index (χ0) is 11.8. The number of hydrogen-bond donors (Lipinski definition) is 2. The van der Waals surface area contributed by atoms with E-state index in [4.69, 9.17) is 6.42 Å². The molecule has 1 amide bonds. The molecule has 0 saturated heterocycles. The molecule has 1 aliphatic carbocycles. The Hall–Kier alpha value is -1.01. The lowest BCUT2D eigenvalue weighted by atomic mass is 9.84. The molecule has 2 N–H and O–H groups in total. The molecule has 1 rings (SSSR count). The van der Waals surface area contributed by atoms with Crippen LogP contribution in [0, 0.1) is 18.3 Å². The summed E-state index contributed by atoms with van der Waals surface area (Å²) < 4.78 is 0. The van der Waals surface area contributed by atoms with Crippen molar-refractivity contribution in [3.63, 3.8) is 0 Å². The van der Waals surface area contributed by atoms with E-state index in [0.29, 0.717) is 19.1 Å². The Balaban J connectivity index is 2.20. The standard InChI is InChI=1S/C13H22N2O/c1-3-8-14-10-13(16)15-12-7-5-6-11(4-2)9-12/h1,11-12,14H,4-10H2,2H3,(H,15,16). The Labute approximate surface area is 98.4 Å². The van der Waals surface area contributed by atoms with Gasteiger partial charge in [-0.1, -0.05) is 32.1 Å². The maximum absolute atomic E-state index is 11.5. The predicted octanol–water partition coefficient (Wildman–Crippen LogP) is 1.29. The highest BCUT2D eigenvalue weighted by molar-refractivity contribution is 5.78. The highest BCUT2D eigenvalue weighted by Gasteiger charge is 2.21. The third-order valence-electron chi connectivity index (χ3n) is 3.24. The summed E-state index contributed by atoms with van der Waals surface area (Å²) in [5.41, 5.74) is 0. The van der Waals surface area contributed by atoms with Crippen molar-refractivity contribution < 1.29 is 4.79 Å². The molecule has 3 heteroatoms. The summed E-state index contributed by atoms with van der Waals surface area (Å²) in [6.45, 7) is 3.01. The molecule has 1 aliphatic rings. The summed E-state index contributed by atoms with van der Waals surface area (Å²) in [7, 11) is 0. The fourth-order valence-corrected chi connectivity index (χ4v) is 2.32. The largest absolute Gasteiger partial charge is 0.352 e. The van der Waals surface area contributed by atoms with Crippen LogP contribution in [0.1, 0.15) is 39.0 Å². The number of hydrogen-bond acceptors (Lipinski definition) is 2. The van der Waals surface area contributed by atoms with E-state index in [9.17, 15) is 4.79 Å². The summed E-state index contributed by atoms with van der Waals surface area (Å²) >= 11 is 0. The van der Waals surface area contributed by atoms with Crippen molar-refractivity contribution in [2.45, 2.75) is 45.1 Å². The summed E-state index contributed by atoms with van der Waals surface area (Å²) in [4.78, 5) is 11.5. The van der Waals surface area contributed by atoms with Gasteiger partial charge in [-0.2, -0.15) is 0 Å². The quantitative estimate of drug-likeness (QED) is 0.544. The normalized spacial score (nSPS) is 24.8. The van der Waals surface area contributed by atoms with Crippen LogP contribution in [0.5, 0.6) is 0 Å². The zero-order valence-corrected chi connectivity index (χ0v) is 10.1. The number of carbonyl (C=O) groups excluding carboxylic acids is 1. The maximum atomic E-state index is 11.5. The minimum atomic E-state index is 0.0667. The van der Waals surface area contributed by atoms with Gasteiger partial charge in [-0.3, -0.25) is 10.1 Å². The van der Waals surface area contributed by atoms with Crippen LogP contribution in [0.3, 0.4) is 0 Å². The zero-order valence-electron chi connectivity index (χ0n) is 10.1. The molecule has 0 aliphatic heterocycles. The minimum absolute atomic E-state index is 0.0667. The number of rotatable bonds is 5. The summed E-state index contributed by atoms with van der Waals surface area (Å²) in [6, 6.07) is 0.374. The topological polar surface area (TPSA) is 41.1 Å². The van der Waals surface area contributed by atoms with E-state index >= 15 is 0 Å². The second-order valence-corrected chi connectivity index (χ2v) is 4.51. The van der Waals surface area contributed by atoms with Gasteiger partial charge in [0.05, 0.1) is 13.1 Å². The number of amides is 1. The van der Waals surface area contributed by atoms with Crippen molar-refractivity contribution in [2.24, 2.45) is 5.92 Å². The average Bonchev–Trinajstić information content (AvgIpc) is 2.29. The van der Waals surface area contributed by atoms with Crippen LogP contribution in [-0.4, -0.2) is 25.0 Å². The second-order valence-electron chi connectivity index (χ2n) is 4.51. The lowest BCUT2D eigenvalue weighted by molar-refractivity contribution is -0.121. The van der Waals surface area contributed by atoms with Gasteiger partial charge in [-0.05, 0) is 18.8 Å². The molecule has 2 atom stereocenters. The van der Waals surface area contributed by atoms with E-state index in [-0.39, 0.29) is 5.91 Å². The molecule has 90 valence electrons. The Bertz CT molecular complexity index is 257. The van der Waals surface area contributed by atoms with Crippen LogP contribution in [0.25, 0.3) is 0 Å². The smallest absolute Gasteiger partial charge is 0.234 e. The molecule has 16 heavy (non-hydrogen) atoms. The number of carbonyl (C=O) groups is 1. The SMILES string of the molecule is C#CCNCC(=O)NC1CCCC(CC)C1. The Kier molecular flexibility index (Phi) is 5.95. The van der Waals surface area contributed by atoms with E-state index in [2.05, 4.69) is 23.5 Å². The third kappa shape index (κ3) is 4.67. The monoisotopic (exact) mass is 222 g/mol. The first-order chi connectivity index (χ1) is 7.76. The lowest BCUT2D eigenvalue weighted by Crippen LogP contribution is -2.42. The number of nitrogens with one attached hydrogen (secondary N) is 2.